The van der Waals surface area contributed by atoms with Crippen molar-refractivity contribution in [2.45, 2.75) is 18.5 Å². The van der Waals surface area contributed by atoms with E-state index in [4.69, 9.17) is 9.47 Å². The van der Waals surface area contributed by atoms with Crippen LogP contribution in [0.4, 0.5) is 13.2 Å². The number of rotatable bonds is 3. The molecule has 1 aliphatic rings. The molecule has 0 fully saturated rings. The smallest absolute Gasteiger partial charge is 0.416 e. The molecule has 1 N–H and O–H groups in total. The lowest BCUT2D eigenvalue weighted by molar-refractivity contribution is -0.140. The van der Waals surface area contributed by atoms with Crippen molar-refractivity contribution in [3.8, 4) is 22.9 Å². The maximum atomic E-state index is 13.6. The molecule has 3 aromatic rings. The third-order valence-electron chi connectivity index (χ3n) is 4.72. The van der Waals surface area contributed by atoms with Crippen LogP contribution in [0.5, 0.6) is 11.6 Å². The second-order valence-corrected chi connectivity index (χ2v) is 6.36. The Labute approximate surface area is 158 Å². The summed E-state index contributed by atoms with van der Waals surface area (Å²) in [6, 6.07) is 12.2. The van der Waals surface area contributed by atoms with E-state index in [0.29, 0.717) is 22.6 Å². The number of benzene rings is 2. The molecule has 2 aromatic carbocycles. The Kier molecular flexibility index (Phi) is 4.33. The van der Waals surface area contributed by atoms with Gasteiger partial charge in [0, 0.05) is 11.5 Å². The van der Waals surface area contributed by atoms with E-state index < -0.39 is 23.6 Å². The van der Waals surface area contributed by atoms with E-state index in [1.807, 2.05) is 0 Å². The lowest BCUT2D eigenvalue weighted by Crippen LogP contribution is -2.23. The number of carbonyl (C=O) groups excluding carboxylic acids is 1. The standard InChI is InChI=1S/C20H15F3N2O3/c1-27-12-8-6-11(7-9-12)18-17-14(10-16(26)28-19(17)25-24-18)13-4-2-3-5-15(13)20(21,22)23/h2-9,14H,10H2,1H3,(H,24,25). The van der Waals surface area contributed by atoms with Crippen molar-refractivity contribution in [3.63, 3.8) is 0 Å². The Morgan fingerprint density at radius 2 is 1.86 bits per heavy atom. The van der Waals surface area contributed by atoms with Crippen LogP contribution in [0.25, 0.3) is 11.3 Å². The SMILES string of the molecule is COc1ccc(-c2[nH]nc3c2C(c2ccccc2C(F)(F)F)CC(=O)O3)cc1. The number of H-pyrrole nitrogens is 1. The maximum Gasteiger partial charge on any atom is 0.416 e. The van der Waals surface area contributed by atoms with Crippen molar-refractivity contribution in [2.75, 3.05) is 7.11 Å². The van der Waals surface area contributed by atoms with Crippen LogP contribution in [0, 0.1) is 0 Å². The predicted octanol–water partition coefficient (Wildman–Crippen LogP) is 4.55. The van der Waals surface area contributed by atoms with Crippen LogP contribution < -0.4 is 9.47 Å². The molecule has 144 valence electrons. The van der Waals surface area contributed by atoms with E-state index in [-0.39, 0.29) is 17.9 Å². The van der Waals surface area contributed by atoms with E-state index in [9.17, 15) is 18.0 Å². The molecule has 5 nitrogen and oxygen atoms in total. The summed E-state index contributed by atoms with van der Waals surface area (Å²) in [6.07, 6.45) is -4.75. The molecule has 0 saturated carbocycles. The molecular weight excluding hydrogens is 373 g/mol. The number of carbonyl (C=O) groups is 1. The van der Waals surface area contributed by atoms with Gasteiger partial charge >= 0.3 is 12.1 Å². The quantitative estimate of drug-likeness (QED) is 0.669. The zero-order valence-electron chi connectivity index (χ0n) is 14.7. The lowest BCUT2D eigenvalue weighted by Gasteiger charge is -2.25. The van der Waals surface area contributed by atoms with Crippen LogP contribution >= 0.6 is 0 Å². The van der Waals surface area contributed by atoms with Crippen molar-refractivity contribution in [3.05, 3.63) is 65.2 Å². The molecule has 4 rings (SSSR count). The first-order valence-electron chi connectivity index (χ1n) is 8.48. The highest BCUT2D eigenvalue weighted by molar-refractivity contribution is 5.80. The first-order chi connectivity index (χ1) is 13.4. The molecule has 0 aliphatic carbocycles. The van der Waals surface area contributed by atoms with Gasteiger partial charge in [-0.15, -0.1) is 5.10 Å². The van der Waals surface area contributed by atoms with Gasteiger partial charge in [-0.05, 0) is 35.9 Å². The van der Waals surface area contributed by atoms with Crippen LogP contribution in [0.1, 0.15) is 29.0 Å². The van der Waals surface area contributed by atoms with Gasteiger partial charge in [0.25, 0.3) is 0 Å². The highest BCUT2D eigenvalue weighted by Crippen LogP contribution is 2.46. The van der Waals surface area contributed by atoms with E-state index in [2.05, 4.69) is 10.2 Å². The van der Waals surface area contributed by atoms with Gasteiger partial charge in [-0.3, -0.25) is 9.89 Å². The number of halogens is 3. The molecule has 0 saturated heterocycles. The molecular formula is C20H15F3N2O3. The Morgan fingerprint density at radius 3 is 2.54 bits per heavy atom. The highest BCUT2D eigenvalue weighted by Gasteiger charge is 2.40. The summed E-state index contributed by atoms with van der Waals surface area (Å²) in [5, 5.41) is 6.81. The molecule has 8 heteroatoms. The Hall–Kier alpha value is -3.29. The number of aromatic nitrogens is 2. The molecule has 0 bridgehead atoms. The zero-order chi connectivity index (χ0) is 19.9. The molecule has 0 amide bonds. The number of hydrogen-bond donors (Lipinski definition) is 1. The van der Waals surface area contributed by atoms with Crippen LogP contribution in [-0.4, -0.2) is 23.3 Å². The number of alkyl halides is 3. The topological polar surface area (TPSA) is 64.2 Å². The average Bonchev–Trinajstić information content (AvgIpc) is 3.10. The zero-order valence-corrected chi connectivity index (χ0v) is 14.7. The lowest BCUT2D eigenvalue weighted by atomic mass is 9.83. The summed E-state index contributed by atoms with van der Waals surface area (Å²) in [5.74, 6) is -0.807. The number of methoxy groups -OCH3 is 1. The third kappa shape index (κ3) is 3.11. The second kappa shape index (κ2) is 6.70. The van der Waals surface area contributed by atoms with Crippen LogP contribution in [0.3, 0.4) is 0 Å². The molecule has 28 heavy (non-hydrogen) atoms. The number of fused-ring (bicyclic) bond motifs is 1. The molecule has 0 spiro atoms. The van der Waals surface area contributed by atoms with E-state index in [1.54, 1.807) is 24.3 Å². The summed E-state index contributed by atoms with van der Waals surface area (Å²) >= 11 is 0. The highest BCUT2D eigenvalue weighted by atomic mass is 19.4. The van der Waals surface area contributed by atoms with Crippen molar-refractivity contribution >= 4 is 5.97 Å². The minimum absolute atomic E-state index is 0.00375. The second-order valence-electron chi connectivity index (χ2n) is 6.36. The fourth-order valence-electron chi connectivity index (χ4n) is 3.46. The fourth-order valence-corrected chi connectivity index (χ4v) is 3.46. The van der Waals surface area contributed by atoms with Crippen LogP contribution in [0.15, 0.2) is 48.5 Å². The summed E-state index contributed by atoms with van der Waals surface area (Å²) < 4.78 is 51.0. The first-order valence-corrected chi connectivity index (χ1v) is 8.48. The summed E-state index contributed by atoms with van der Waals surface area (Å²) in [4.78, 5) is 12.0. The number of nitrogens with zero attached hydrogens (tertiary/aromatic N) is 1. The normalized spacial score (nSPS) is 16.4. The van der Waals surface area contributed by atoms with Crippen LogP contribution in [0.2, 0.25) is 0 Å². The molecule has 1 atom stereocenters. The Balaban J connectivity index is 1.87. The minimum Gasteiger partial charge on any atom is -0.497 e. The number of nitrogens with one attached hydrogen (secondary N) is 1. The van der Waals surface area contributed by atoms with Crippen molar-refractivity contribution < 1.29 is 27.4 Å². The summed E-state index contributed by atoms with van der Waals surface area (Å²) in [6.45, 7) is 0. The van der Waals surface area contributed by atoms with Gasteiger partial charge in [0.2, 0.25) is 5.88 Å². The van der Waals surface area contributed by atoms with Crippen molar-refractivity contribution in [2.24, 2.45) is 0 Å². The third-order valence-corrected chi connectivity index (χ3v) is 4.72. The van der Waals surface area contributed by atoms with Gasteiger partial charge in [0.15, 0.2) is 0 Å². The number of aromatic amines is 1. The van der Waals surface area contributed by atoms with Crippen molar-refractivity contribution in [1.29, 1.82) is 0 Å². The van der Waals surface area contributed by atoms with Gasteiger partial charge in [0.05, 0.1) is 30.4 Å². The molecule has 1 aliphatic heterocycles. The number of ether oxygens (including phenoxy) is 2. The van der Waals surface area contributed by atoms with Gasteiger partial charge in [-0.2, -0.15) is 13.2 Å². The molecule has 1 unspecified atom stereocenters. The minimum atomic E-state index is -4.54. The van der Waals surface area contributed by atoms with Crippen LogP contribution in [-0.2, 0) is 11.0 Å². The average molecular weight is 388 g/mol. The Morgan fingerprint density at radius 1 is 1.14 bits per heavy atom. The van der Waals surface area contributed by atoms with Gasteiger partial charge < -0.3 is 9.47 Å². The van der Waals surface area contributed by atoms with Gasteiger partial charge in [-0.25, -0.2) is 0 Å². The largest absolute Gasteiger partial charge is 0.497 e. The molecule has 1 aromatic heterocycles. The van der Waals surface area contributed by atoms with E-state index in [1.165, 1.54) is 25.3 Å². The molecule has 0 radical (unpaired) electrons. The monoisotopic (exact) mass is 388 g/mol. The summed E-state index contributed by atoms with van der Waals surface area (Å²) in [5.41, 5.74) is 0.877. The van der Waals surface area contributed by atoms with E-state index in [0.717, 1.165) is 6.07 Å². The van der Waals surface area contributed by atoms with E-state index >= 15 is 0 Å². The number of hydrogen-bond acceptors (Lipinski definition) is 4. The van der Waals surface area contributed by atoms with Crippen molar-refractivity contribution in [1.82, 2.24) is 10.2 Å². The molecule has 2 heterocycles. The predicted molar refractivity (Wildman–Crippen MR) is 94.1 cm³/mol. The first kappa shape index (κ1) is 18.1. The van der Waals surface area contributed by atoms with Gasteiger partial charge in [0.1, 0.15) is 5.75 Å². The summed E-state index contributed by atoms with van der Waals surface area (Å²) in [7, 11) is 1.54. The maximum absolute atomic E-state index is 13.6. The Bertz CT molecular complexity index is 1030. The fraction of sp³-hybridized carbons (Fsp3) is 0.200. The van der Waals surface area contributed by atoms with Gasteiger partial charge in [-0.1, -0.05) is 18.2 Å². The number of esters is 1.